The van der Waals surface area contributed by atoms with Gasteiger partial charge in [0.05, 0.1) is 21.8 Å². The number of nitrogens with zero attached hydrogens (tertiary/aromatic N) is 1. The van der Waals surface area contributed by atoms with E-state index in [1.807, 2.05) is 19.1 Å². The third kappa shape index (κ3) is 4.89. The van der Waals surface area contributed by atoms with Crippen molar-refractivity contribution in [2.45, 2.75) is 26.6 Å². The number of anilines is 1. The highest BCUT2D eigenvalue weighted by Gasteiger charge is 2.31. The standard InChI is InChI=1S/C20H16ClF3N2O3/c1-11-3-6-14(7-4-11)28-10-15-12(2)29-26-18(15)19(27)25-17-9-13(20(22,23)24)5-8-16(17)21/h3-9H,10H2,1-2H3,(H,25,27). The van der Waals surface area contributed by atoms with Crippen LogP contribution in [0.3, 0.4) is 0 Å². The van der Waals surface area contributed by atoms with Crippen LogP contribution in [0, 0.1) is 13.8 Å². The lowest BCUT2D eigenvalue weighted by Crippen LogP contribution is -2.16. The molecule has 152 valence electrons. The van der Waals surface area contributed by atoms with Crippen molar-refractivity contribution in [3.05, 3.63) is 75.6 Å². The van der Waals surface area contributed by atoms with Crippen LogP contribution in [0.2, 0.25) is 5.02 Å². The molecule has 29 heavy (non-hydrogen) atoms. The highest BCUT2D eigenvalue weighted by atomic mass is 35.5. The molecular formula is C20H16ClF3N2O3. The Morgan fingerprint density at radius 3 is 2.52 bits per heavy atom. The van der Waals surface area contributed by atoms with Gasteiger partial charge >= 0.3 is 6.18 Å². The monoisotopic (exact) mass is 424 g/mol. The van der Waals surface area contributed by atoms with Gasteiger partial charge in [0.2, 0.25) is 0 Å². The number of amides is 1. The molecule has 1 heterocycles. The van der Waals surface area contributed by atoms with Crippen LogP contribution < -0.4 is 10.1 Å². The van der Waals surface area contributed by atoms with Crippen molar-refractivity contribution in [3.63, 3.8) is 0 Å². The molecule has 3 rings (SSSR count). The maximum absolute atomic E-state index is 12.9. The number of rotatable bonds is 5. The Balaban J connectivity index is 1.79. The van der Waals surface area contributed by atoms with Gasteiger partial charge in [-0.15, -0.1) is 0 Å². The highest BCUT2D eigenvalue weighted by molar-refractivity contribution is 6.34. The van der Waals surface area contributed by atoms with Crippen molar-refractivity contribution in [2.75, 3.05) is 5.32 Å². The van der Waals surface area contributed by atoms with Crippen molar-refractivity contribution >= 4 is 23.2 Å². The lowest BCUT2D eigenvalue weighted by Gasteiger charge is -2.11. The summed E-state index contributed by atoms with van der Waals surface area (Å²) in [7, 11) is 0. The molecule has 5 nitrogen and oxygen atoms in total. The number of aromatic nitrogens is 1. The molecule has 1 N–H and O–H groups in total. The average molecular weight is 425 g/mol. The van der Waals surface area contributed by atoms with E-state index in [1.54, 1.807) is 19.1 Å². The molecule has 0 saturated carbocycles. The Bertz CT molecular complexity index is 1030. The van der Waals surface area contributed by atoms with Gasteiger partial charge < -0.3 is 14.6 Å². The van der Waals surface area contributed by atoms with E-state index < -0.39 is 17.6 Å². The van der Waals surface area contributed by atoms with Gasteiger partial charge in [-0.1, -0.05) is 34.5 Å². The fourth-order valence-electron chi connectivity index (χ4n) is 2.51. The maximum atomic E-state index is 12.9. The van der Waals surface area contributed by atoms with Gasteiger partial charge in [0.25, 0.3) is 5.91 Å². The van der Waals surface area contributed by atoms with Crippen LogP contribution in [0.4, 0.5) is 18.9 Å². The summed E-state index contributed by atoms with van der Waals surface area (Å²) < 4.78 is 49.5. The molecule has 1 aromatic heterocycles. The second-order valence-corrected chi connectivity index (χ2v) is 6.72. The molecule has 9 heteroatoms. The van der Waals surface area contributed by atoms with Crippen molar-refractivity contribution in [2.24, 2.45) is 0 Å². The summed E-state index contributed by atoms with van der Waals surface area (Å²) in [6, 6.07) is 9.96. The van der Waals surface area contributed by atoms with E-state index >= 15 is 0 Å². The van der Waals surface area contributed by atoms with Crippen LogP contribution in [0.25, 0.3) is 0 Å². The minimum absolute atomic E-state index is 0.00251. The van der Waals surface area contributed by atoms with E-state index in [2.05, 4.69) is 10.5 Å². The molecule has 0 unspecified atom stereocenters. The number of aryl methyl sites for hydroxylation is 2. The smallest absolute Gasteiger partial charge is 0.416 e. The Hall–Kier alpha value is -3.00. The van der Waals surface area contributed by atoms with Gasteiger partial charge in [-0.05, 0) is 44.2 Å². The van der Waals surface area contributed by atoms with Crippen molar-refractivity contribution in [1.29, 1.82) is 0 Å². The number of benzene rings is 2. The lowest BCUT2D eigenvalue weighted by molar-refractivity contribution is -0.137. The molecule has 1 amide bonds. The predicted molar refractivity (Wildman–Crippen MR) is 101 cm³/mol. The molecule has 0 fully saturated rings. The first-order chi connectivity index (χ1) is 13.6. The third-order valence-electron chi connectivity index (χ3n) is 4.15. The average Bonchev–Trinajstić information content (AvgIpc) is 3.03. The molecule has 0 aliphatic rings. The second kappa shape index (κ2) is 8.16. The van der Waals surface area contributed by atoms with Crippen molar-refractivity contribution < 1.29 is 27.2 Å². The third-order valence-corrected chi connectivity index (χ3v) is 4.48. The van der Waals surface area contributed by atoms with Crippen LogP contribution in [0.1, 0.15) is 32.9 Å². The zero-order valence-electron chi connectivity index (χ0n) is 15.4. The zero-order chi connectivity index (χ0) is 21.2. The van der Waals surface area contributed by atoms with E-state index in [-0.39, 0.29) is 23.0 Å². The predicted octanol–water partition coefficient (Wildman–Crippen LogP) is 5.79. The topological polar surface area (TPSA) is 64.4 Å². The van der Waals surface area contributed by atoms with Crippen LogP contribution in [0.15, 0.2) is 47.0 Å². The molecule has 0 spiro atoms. The minimum Gasteiger partial charge on any atom is -0.489 e. The molecule has 0 atom stereocenters. The summed E-state index contributed by atoms with van der Waals surface area (Å²) in [5.74, 6) is 0.187. The Morgan fingerprint density at radius 2 is 1.86 bits per heavy atom. The summed E-state index contributed by atoms with van der Waals surface area (Å²) in [4.78, 5) is 12.6. The summed E-state index contributed by atoms with van der Waals surface area (Å²) in [6.07, 6.45) is -4.57. The number of ether oxygens (including phenoxy) is 1. The first kappa shape index (κ1) is 20.7. The van der Waals surface area contributed by atoms with Gasteiger partial charge in [-0.25, -0.2) is 0 Å². The molecular weight excluding hydrogens is 409 g/mol. The van der Waals surface area contributed by atoms with E-state index in [0.29, 0.717) is 17.1 Å². The van der Waals surface area contributed by atoms with E-state index in [0.717, 1.165) is 23.8 Å². The number of nitrogens with one attached hydrogen (secondary N) is 1. The number of hydrogen-bond acceptors (Lipinski definition) is 4. The Kier molecular flexibility index (Phi) is 5.83. The summed E-state index contributed by atoms with van der Waals surface area (Å²) in [6.45, 7) is 3.54. The Labute approximate surface area is 169 Å². The summed E-state index contributed by atoms with van der Waals surface area (Å²) in [5, 5.41) is 6.02. The summed E-state index contributed by atoms with van der Waals surface area (Å²) in [5.41, 5.74) is 0.236. The molecule has 0 aliphatic carbocycles. The van der Waals surface area contributed by atoms with Crippen molar-refractivity contribution in [1.82, 2.24) is 5.16 Å². The molecule has 0 bridgehead atoms. The van der Waals surface area contributed by atoms with Gasteiger partial charge in [0.15, 0.2) is 5.69 Å². The van der Waals surface area contributed by atoms with Crippen LogP contribution in [-0.4, -0.2) is 11.1 Å². The molecule has 0 saturated heterocycles. The van der Waals surface area contributed by atoms with E-state index in [4.69, 9.17) is 20.9 Å². The number of carbonyl (C=O) groups excluding carboxylic acids is 1. The Morgan fingerprint density at radius 1 is 1.17 bits per heavy atom. The maximum Gasteiger partial charge on any atom is 0.416 e. The van der Waals surface area contributed by atoms with Gasteiger partial charge in [0.1, 0.15) is 18.1 Å². The molecule has 0 radical (unpaired) electrons. The fraction of sp³-hybridized carbons (Fsp3) is 0.200. The fourth-order valence-corrected chi connectivity index (χ4v) is 2.67. The molecule has 0 aliphatic heterocycles. The van der Waals surface area contributed by atoms with E-state index in [9.17, 15) is 18.0 Å². The quantitative estimate of drug-likeness (QED) is 0.562. The van der Waals surface area contributed by atoms with Crippen LogP contribution in [0.5, 0.6) is 5.75 Å². The normalized spacial score (nSPS) is 11.4. The SMILES string of the molecule is Cc1ccc(OCc2c(C(=O)Nc3cc(C(F)(F)F)ccc3Cl)noc2C)cc1. The molecule has 3 aromatic rings. The first-order valence-electron chi connectivity index (χ1n) is 8.48. The largest absolute Gasteiger partial charge is 0.489 e. The second-order valence-electron chi connectivity index (χ2n) is 6.31. The number of halogens is 4. The van der Waals surface area contributed by atoms with Crippen LogP contribution in [-0.2, 0) is 12.8 Å². The van der Waals surface area contributed by atoms with Crippen LogP contribution >= 0.6 is 11.6 Å². The van der Waals surface area contributed by atoms with Crippen molar-refractivity contribution in [3.8, 4) is 5.75 Å². The van der Waals surface area contributed by atoms with Gasteiger partial charge in [0, 0.05) is 0 Å². The minimum atomic E-state index is -4.57. The number of carbonyl (C=O) groups is 1. The number of alkyl halides is 3. The lowest BCUT2D eigenvalue weighted by atomic mass is 10.1. The summed E-state index contributed by atoms with van der Waals surface area (Å²) >= 11 is 5.93. The number of hydrogen-bond donors (Lipinski definition) is 1. The molecule has 2 aromatic carbocycles. The van der Waals surface area contributed by atoms with E-state index in [1.165, 1.54) is 0 Å². The first-order valence-corrected chi connectivity index (χ1v) is 8.85. The van der Waals surface area contributed by atoms with Gasteiger partial charge in [-0.2, -0.15) is 13.2 Å². The zero-order valence-corrected chi connectivity index (χ0v) is 16.2. The highest BCUT2D eigenvalue weighted by Crippen LogP contribution is 2.34. The van der Waals surface area contributed by atoms with Gasteiger partial charge in [-0.3, -0.25) is 4.79 Å².